The summed E-state index contributed by atoms with van der Waals surface area (Å²) in [7, 11) is 0. The molecule has 126 valence electrons. The molecule has 0 unspecified atom stereocenters. The number of nitrogens with zero attached hydrogens (tertiary/aromatic N) is 2. The quantitative estimate of drug-likeness (QED) is 0.495. The molecule has 0 aliphatic heterocycles. The van der Waals surface area contributed by atoms with Crippen molar-refractivity contribution in [1.82, 2.24) is 9.97 Å². The molecule has 2 aromatic carbocycles. The molecule has 0 saturated carbocycles. The van der Waals surface area contributed by atoms with E-state index in [9.17, 15) is 0 Å². The normalized spacial score (nSPS) is 10.3. The van der Waals surface area contributed by atoms with E-state index in [0.29, 0.717) is 0 Å². The van der Waals surface area contributed by atoms with Crippen LogP contribution in [0.2, 0.25) is 0 Å². The molecule has 2 N–H and O–H groups in total. The molecule has 0 atom stereocenters. The molecule has 2 aromatic heterocycles. The number of hydrogen-bond donors (Lipinski definition) is 2. The monoisotopic (exact) mass is 338 g/mol. The zero-order chi connectivity index (χ0) is 17.6. The van der Waals surface area contributed by atoms with Gasteiger partial charge in [-0.05, 0) is 36.4 Å². The van der Waals surface area contributed by atoms with E-state index in [1.807, 2.05) is 60.7 Å². The van der Waals surface area contributed by atoms with Gasteiger partial charge in [-0.2, -0.15) is 0 Å². The number of rotatable bonds is 5. The van der Waals surface area contributed by atoms with Crippen LogP contribution in [0.3, 0.4) is 0 Å². The van der Waals surface area contributed by atoms with Crippen molar-refractivity contribution in [3.05, 3.63) is 97.3 Å². The zero-order valence-electron chi connectivity index (χ0n) is 14.1. The van der Waals surface area contributed by atoms with Crippen molar-refractivity contribution >= 4 is 23.0 Å². The number of para-hydroxylation sites is 2. The van der Waals surface area contributed by atoms with Gasteiger partial charge in [-0.15, -0.1) is 0 Å². The molecule has 0 radical (unpaired) electrons. The topological polar surface area (TPSA) is 49.8 Å². The van der Waals surface area contributed by atoms with Crippen LogP contribution in [-0.2, 0) is 0 Å². The molecule has 2 heterocycles. The predicted molar refractivity (Wildman–Crippen MR) is 107 cm³/mol. The smallest absolute Gasteiger partial charge is 0.130 e. The van der Waals surface area contributed by atoms with E-state index >= 15 is 0 Å². The van der Waals surface area contributed by atoms with Crippen LogP contribution in [0.15, 0.2) is 97.3 Å². The summed E-state index contributed by atoms with van der Waals surface area (Å²) >= 11 is 0. The van der Waals surface area contributed by atoms with Gasteiger partial charge in [0, 0.05) is 34.9 Å². The van der Waals surface area contributed by atoms with E-state index in [0.717, 1.165) is 34.1 Å². The maximum atomic E-state index is 4.36. The Labute approximate surface area is 152 Å². The molecular weight excluding hydrogens is 320 g/mol. The maximum absolute atomic E-state index is 4.36. The van der Waals surface area contributed by atoms with Gasteiger partial charge in [0.2, 0.25) is 0 Å². The summed E-state index contributed by atoms with van der Waals surface area (Å²) in [4.78, 5) is 8.72. The van der Waals surface area contributed by atoms with Gasteiger partial charge in [0.15, 0.2) is 0 Å². The summed E-state index contributed by atoms with van der Waals surface area (Å²) in [6.45, 7) is 0. The number of nitrogens with one attached hydrogen (secondary N) is 2. The third kappa shape index (κ3) is 3.54. The fourth-order valence-electron chi connectivity index (χ4n) is 2.80. The average Bonchev–Trinajstić information content (AvgIpc) is 2.71. The number of pyridine rings is 2. The highest BCUT2D eigenvalue weighted by Crippen LogP contribution is 2.35. The maximum Gasteiger partial charge on any atom is 0.130 e. The highest BCUT2D eigenvalue weighted by molar-refractivity contribution is 5.88. The van der Waals surface area contributed by atoms with E-state index in [4.69, 9.17) is 0 Å². The molecule has 0 amide bonds. The van der Waals surface area contributed by atoms with Gasteiger partial charge in [0.1, 0.15) is 11.6 Å². The Kier molecular flexibility index (Phi) is 4.56. The van der Waals surface area contributed by atoms with Crippen LogP contribution in [0.4, 0.5) is 23.0 Å². The van der Waals surface area contributed by atoms with Crippen LogP contribution in [0.5, 0.6) is 0 Å². The Morgan fingerprint density at radius 1 is 0.462 bits per heavy atom. The Bertz CT molecular complexity index is 902. The molecule has 4 rings (SSSR count). The van der Waals surface area contributed by atoms with Crippen molar-refractivity contribution < 1.29 is 0 Å². The fourth-order valence-corrected chi connectivity index (χ4v) is 2.80. The summed E-state index contributed by atoms with van der Waals surface area (Å²) in [5.41, 5.74) is 4.19. The highest BCUT2D eigenvalue weighted by Gasteiger charge is 2.10. The minimum absolute atomic E-state index is 0.815. The van der Waals surface area contributed by atoms with Gasteiger partial charge in [-0.25, -0.2) is 9.97 Å². The van der Waals surface area contributed by atoms with Crippen molar-refractivity contribution in [1.29, 1.82) is 0 Å². The number of benzene rings is 2. The number of hydrogen-bond acceptors (Lipinski definition) is 4. The van der Waals surface area contributed by atoms with Crippen LogP contribution in [0, 0.1) is 0 Å². The molecule has 0 fully saturated rings. The largest absolute Gasteiger partial charge is 0.340 e. The number of anilines is 4. The van der Waals surface area contributed by atoms with E-state index in [1.165, 1.54) is 0 Å². The van der Waals surface area contributed by atoms with Crippen molar-refractivity contribution in [2.45, 2.75) is 0 Å². The molecule has 0 aliphatic carbocycles. The Hall–Kier alpha value is -3.66. The molecule has 0 aliphatic rings. The summed E-state index contributed by atoms with van der Waals surface area (Å²) in [5.74, 6) is 1.63. The van der Waals surface area contributed by atoms with Gasteiger partial charge >= 0.3 is 0 Å². The second-order valence-corrected chi connectivity index (χ2v) is 5.77. The first-order valence-corrected chi connectivity index (χ1v) is 8.45. The van der Waals surface area contributed by atoms with Crippen LogP contribution < -0.4 is 10.6 Å². The molecule has 4 heteroatoms. The Balaban J connectivity index is 1.72. The summed E-state index contributed by atoms with van der Waals surface area (Å²) in [5, 5.41) is 6.82. The third-order valence-electron chi connectivity index (χ3n) is 4.00. The lowest BCUT2D eigenvalue weighted by Gasteiger charge is -2.16. The minimum atomic E-state index is 0.815. The second-order valence-electron chi connectivity index (χ2n) is 5.77. The third-order valence-corrected chi connectivity index (χ3v) is 4.00. The first-order valence-electron chi connectivity index (χ1n) is 8.45. The Morgan fingerprint density at radius 3 is 1.31 bits per heavy atom. The molecular formula is C22H18N4. The summed E-state index contributed by atoms with van der Waals surface area (Å²) in [6.07, 6.45) is 3.56. The standard InChI is InChI=1S/C22H18N4/c1-3-11-19(25-21-13-5-7-15-23-21)17(9-1)18-10-2-4-12-20(18)26-22-14-6-8-16-24-22/h1-16H,(H,23,25)(H,24,26). The lowest BCUT2D eigenvalue weighted by molar-refractivity contribution is 1.30. The van der Waals surface area contributed by atoms with Crippen LogP contribution in [0.25, 0.3) is 11.1 Å². The first kappa shape index (κ1) is 15.8. The average molecular weight is 338 g/mol. The molecule has 0 spiro atoms. The number of aromatic nitrogens is 2. The minimum Gasteiger partial charge on any atom is -0.340 e. The Morgan fingerprint density at radius 2 is 0.885 bits per heavy atom. The zero-order valence-corrected chi connectivity index (χ0v) is 14.1. The summed E-state index contributed by atoms with van der Waals surface area (Å²) < 4.78 is 0. The van der Waals surface area contributed by atoms with Gasteiger partial charge in [-0.1, -0.05) is 48.5 Å². The van der Waals surface area contributed by atoms with Gasteiger partial charge in [-0.3, -0.25) is 0 Å². The van der Waals surface area contributed by atoms with E-state index < -0.39 is 0 Å². The van der Waals surface area contributed by atoms with Gasteiger partial charge in [0.25, 0.3) is 0 Å². The van der Waals surface area contributed by atoms with Crippen molar-refractivity contribution in [2.24, 2.45) is 0 Å². The summed E-state index contributed by atoms with van der Waals surface area (Å²) in [6, 6.07) is 28.1. The van der Waals surface area contributed by atoms with E-state index in [-0.39, 0.29) is 0 Å². The predicted octanol–water partition coefficient (Wildman–Crippen LogP) is 5.63. The van der Waals surface area contributed by atoms with E-state index in [1.54, 1.807) is 12.4 Å². The van der Waals surface area contributed by atoms with Crippen LogP contribution >= 0.6 is 0 Å². The lowest BCUT2D eigenvalue weighted by atomic mass is 10.0. The van der Waals surface area contributed by atoms with Crippen LogP contribution in [0.1, 0.15) is 0 Å². The molecule has 4 aromatic rings. The second kappa shape index (κ2) is 7.49. The molecule has 0 saturated heterocycles. The highest BCUT2D eigenvalue weighted by atomic mass is 15.0. The lowest BCUT2D eigenvalue weighted by Crippen LogP contribution is -1.98. The van der Waals surface area contributed by atoms with E-state index in [2.05, 4.69) is 44.9 Å². The molecule has 26 heavy (non-hydrogen) atoms. The molecule has 0 bridgehead atoms. The van der Waals surface area contributed by atoms with Crippen LogP contribution in [-0.4, -0.2) is 9.97 Å². The fraction of sp³-hybridized carbons (Fsp3) is 0. The van der Waals surface area contributed by atoms with Crippen molar-refractivity contribution in [3.8, 4) is 11.1 Å². The van der Waals surface area contributed by atoms with Gasteiger partial charge < -0.3 is 10.6 Å². The SMILES string of the molecule is c1ccc(Nc2ccccc2-c2ccccc2Nc2ccccn2)nc1. The molecule has 4 nitrogen and oxygen atoms in total. The van der Waals surface area contributed by atoms with Crippen molar-refractivity contribution in [2.75, 3.05) is 10.6 Å². The first-order chi connectivity index (χ1) is 12.9. The van der Waals surface area contributed by atoms with Crippen molar-refractivity contribution in [3.63, 3.8) is 0 Å². The van der Waals surface area contributed by atoms with Gasteiger partial charge in [0.05, 0.1) is 0 Å².